The van der Waals surface area contributed by atoms with Crippen molar-refractivity contribution in [2.45, 2.75) is 38.8 Å². The van der Waals surface area contributed by atoms with Crippen molar-refractivity contribution < 1.29 is 4.79 Å². The highest BCUT2D eigenvalue weighted by molar-refractivity contribution is 5.90. The second kappa shape index (κ2) is 9.90. The Balaban J connectivity index is 1.56. The highest BCUT2D eigenvalue weighted by Crippen LogP contribution is 2.38. The average Bonchev–Trinajstić information content (AvgIpc) is 3.45. The Hall–Kier alpha value is -3.61. The Morgan fingerprint density at radius 3 is 2.15 bits per heavy atom. The molecule has 2 aromatic carbocycles. The third-order valence-electron chi connectivity index (χ3n) is 6.02. The average molecular weight is 445 g/mol. The van der Waals surface area contributed by atoms with Gasteiger partial charge in [-0.3, -0.25) is 4.79 Å². The van der Waals surface area contributed by atoms with Gasteiger partial charge in [0.2, 0.25) is 0 Å². The van der Waals surface area contributed by atoms with E-state index in [0.29, 0.717) is 24.9 Å². The molecule has 0 saturated heterocycles. The van der Waals surface area contributed by atoms with Crippen molar-refractivity contribution in [2.75, 3.05) is 19.6 Å². The Morgan fingerprint density at radius 1 is 1.03 bits per heavy atom. The standard InChI is InChI=1S/C26H32N6O/c1-3-15-31(16-4-2)24(33)23-28-17-22(29-23)18-32-19-26(30-25(32)27,20-11-7-5-8-12-20)21-13-9-6-10-14-21/h5-14,17H,3-4,15-16,18-19H2,1-2H3,(H2,27,30)(H,28,29). The minimum Gasteiger partial charge on any atom is -0.370 e. The molecular weight excluding hydrogens is 412 g/mol. The minimum absolute atomic E-state index is 0.0593. The summed E-state index contributed by atoms with van der Waals surface area (Å²) in [5, 5.41) is 0. The van der Waals surface area contributed by atoms with Crippen molar-refractivity contribution in [3.63, 3.8) is 0 Å². The Morgan fingerprint density at radius 2 is 1.61 bits per heavy atom. The molecule has 0 saturated carbocycles. The normalized spacial score (nSPS) is 14.8. The summed E-state index contributed by atoms with van der Waals surface area (Å²) in [4.78, 5) is 29.3. The zero-order valence-corrected chi connectivity index (χ0v) is 19.4. The number of amides is 1. The zero-order valence-electron chi connectivity index (χ0n) is 19.4. The fourth-order valence-electron chi connectivity index (χ4n) is 4.46. The smallest absolute Gasteiger partial charge is 0.289 e. The molecule has 4 rings (SSSR count). The monoisotopic (exact) mass is 444 g/mol. The number of imidazole rings is 1. The van der Waals surface area contributed by atoms with Crippen LogP contribution < -0.4 is 5.73 Å². The molecule has 0 aliphatic carbocycles. The van der Waals surface area contributed by atoms with Gasteiger partial charge in [-0.15, -0.1) is 0 Å². The number of hydrogen-bond acceptors (Lipinski definition) is 5. The van der Waals surface area contributed by atoms with E-state index in [9.17, 15) is 4.79 Å². The van der Waals surface area contributed by atoms with E-state index in [1.165, 1.54) is 0 Å². The van der Waals surface area contributed by atoms with Crippen LogP contribution in [0, 0.1) is 0 Å². The number of aromatic nitrogens is 2. The van der Waals surface area contributed by atoms with Crippen LogP contribution in [0.25, 0.3) is 0 Å². The Labute approximate surface area is 195 Å². The first-order valence-corrected chi connectivity index (χ1v) is 11.6. The van der Waals surface area contributed by atoms with E-state index in [1.807, 2.05) is 46.2 Å². The third-order valence-corrected chi connectivity index (χ3v) is 6.02. The van der Waals surface area contributed by atoms with E-state index >= 15 is 0 Å². The molecule has 7 heteroatoms. The summed E-state index contributed by atoms with van der Waals surface area (Å²) in [7, 11) is 0. The van der Waals surface area contributed by atoms with Gasteiger partial charge in [-0.2, -0.15) is 0 Å². The molecule has 2 heterocycles. The van der Waals surface area contributed by atoms with Crippen molar-refractivity contribution in [3.05, 3.63) is 89.5 Å². The van der Waals surface area contributed by atoms with Crippen LogP contribution in [0.4, 0.5) is 0 Å². The molecule has 0 atom stereocenters. The molecule has 3 aromatic rings. The summed E-state index contributed by atoms with van der Waals surface area (Å²) in [6.07, 6.45) is 3.56. The molecule has 1 aliphatic heterocycles. The lowest BCUT2D eigenvalue weighted by Crippen LogP contribution is -2.37. The lowest BCUT2D eigenvalue weighted by Gasteiger charge is -2.29. The van der Waals surface area contributed by atoms with E-state index < -0.39 is 5.54 Å². The van der Waals surface area contributed by atoms with Gasteiger partial charge in [0.15, 0.2) is 11.8 Å². The number of nitrogens with one attached hydrogen (secondary N) is 1. The summed E-state index contributed by atoms with van der Waals surface area (Å²) in [5.41, 5.74) is 8.88. The van der Waals surface area contributed by atoms with Gasteiger partial charge in [0.05, 0.1) is 25.0 Å². The molecule has 0 bridgehead atoms. The lowest BCUT2D eigenvalue weighted by atomic mass is 9.83. The highest BCUT2D eigenvalue weighted by Gasteiger charge is 2.41. The van der Waals surface area contributed by atoms with E-state index in [4.69, 9.17) is 10.7 Å². The summed E-state index contributed by atoms with van der Waals surface area (Å²) in [5.74, 6) is 0.790. The number of benzene rings is 2. The molecule has 172 valence electrons. The largest absolute Gasteiger partial charge is 0.370 e. The molecule has 1 amide bonds. The highest BCUT2D eigenvalue weighted by atomic mass is 16.2. The molecule has 0 radical (unpaired) electrons. The fraction of sp³-hybridized carbons (Fsp3) is 0.346. The maximum atomic E-state index is 12.9. The van der Waals surface area contributed by atoms with Crippen molar-refractivity contribution in [3.8, 4) is 0 Å². The number of guanidine groups is 1. The zero-order chi connectivity index (χ0) is 23.3. The van der Waals surface area contributed by atoms with Gasteiger partial charge >= 0.3 is 0 Å². The van der Waals surface area contributed by atoms with Gasteiger partial charge < -0.3 is 20.5 Å². The van der Waals surface area contributed by atoms with Crippen molar-refractivity contribution in [1.29, 1.82) is 0 Å². The Kier molecular flexibility index (Phi) is 6.77. The quantitative estimate of drug-likeness (QED) is 0.526. The van der Waals surface area contributed by atoms with E-state index in [0.717, 1.165) is 42.8 Å². The van der Waals surface area contributed by atoms with Crippen LogP contribution in [-0.4, -0.2) is 51.3 Å². The number of aliphatic imine (C=N–C) groups is 1. The van der Waals surface area contributed by atoms with Gasteiger partial charge in [-0.05, 0) is 24.0 Å². The Bertz CT molecular complexity index is 1050. The molecule has 0 spiro atoms. The van der Waals surface area contributed by atoms with Crippen molar-refractivity contribution >= 4 is 11.9 Å². The van der Waals surface area contributed by atoms with Crippen molar-refractivity contribution in [2.24, 2.45) is 10.7 Å². The van der Waals surface area contributed by atoms with Crippen LogP contribution in [0.15, 0.2) is 71.9 Å². The van der Waals surface area contributed by atoms with Crippen LogP contribution in [0.3, 0.4) is 0 Å². The molecule has 0 unspecified atom stereocenters. The van der Waals surface area contributed by atoms with Crippen LogP contribution in [0.5, 0.6) is 0 Å². The molecule has 1 aliphatic rings. The molecule has 33 heavy (non-hydrogen) atoms. The molecule has 7 nitrogen and oxygen atoms in total. The first-order chi connectivity index (χ1) is 16.1. The van der Waals surface area contributed by atoms with Gasteiger partial charge in [0.1, 0.15) is 5.54 Å². The second-order valence-electron chi connectivity index (χ2n) is 8.47. The van der Waals surface area contributed by atoms with Gasteiger partial charge in [-0.25, -0.2) is 9.98 Å². The molecule has 3 N–H and O–H groups in total. The lowest BCUT2D eigenvalue weighted by molar-refractivity contribution is 0.0744. The van der Waals surface area contributed by atoms with Crippen molar-refractivity contribution in [1.82, 2.24) is 19.8 Å². The second-order valence-corrected chi connectivity index (χ2v) is 8.47. The van der Waals surface area contributed by atoms with Crippen LogP contribution in [0.1, 0.15) is 54.1 Å². The first kappa shape index (κ1) is 22.6. The van der Waals surface area contributed by atoms with Gasteiger partial charge in [0, 0.05) is 13.1 Å². The topological polar surface area (TPSA) is 90.6 Å². The number of rotatable bonds is 9. The summed E-state index contributed by atoms with van der Waals surface area (Å²) in [6.45, 7) is 6.71. The SMILES string of the molecule is CCCN(CCC)C(=O)c1ncc(CN2CC(c3ccccc3)(c3ccccc3)N=C2N)[nH]1. The third kappa shape index (κ3) is 4.62. The predicted octanol–water partition coefficient (Wildman–Crippen LogP) is 3.75. The number of carbonyl (C=O) groups excluding carboxylic acids is 1. The summed E-state index contributed by atoms with van der Waals surface area (Å²) in [6, 6.07) is 20.5. The predicted molar refractivity (Wildman–Crippen MR) is 131 cm³/mol. The maximum absolute atomic E-state index is 12.9. The number of hydrogen-bond donors (Lipinski definition) is 2. The van der Waals surface area contributed by atoms with E-state index in [-0.39, 0.29) is 5.91 Å². The number of nitrogens with zero attached hydrogens (tertiary/aromatic N) is 4. The van der Waals surface area contributed by atoms with Crippen LogP contribution >= 0.6 is 0 Å². The molecule has 0 fully saturated rings. The summed E-state index contributed by atoms with van der Waals surface area (Å²) >= 11 is 0. The number of aromatic amines is 1. The number of nitrogens with two attached hydrogens (primary N) is 1. The molecular formula is C26H32N6O. The minimum atomic E-state index is -0.579. The van der Waals surface area contributed by atoms with E-state index in [1.54, 1.807) is 6.20 Å². The summed E-state index contributed by atoms with van der Waals surface area (Å²) < 4.78 is 0. The van der Waals surface area contributed by atoms with Gasteiger partial charge in [-0.1, -0.05) is 74.5 Å². The first-order valence-electron chi connectivity index (χ1n) is 11.6. The van der Waals surface area contributed by atoms with Crippen LogP contribution in [0.2, 0.25) is 0 Å². The van der Waals surface area contributed by atoms with E-state index in [2.05, 4.69) is 48.1 Å². The number of H-pyrrole nitrogens is 1. The van der Waals surface area contributed by atoms with Gasteiger partial charge in [0.25, 0.3) is 5.91 Å². The fourth-order valence-corrected chi connectivity index (χ4v) is 4.46. The number of carbonyl (C=O) groups is 1. The van der Waals surface area contributed by atoms with Crippen LogP contribution in [-0.2, 0) is 12.1 Å². The maximum Gasteiger partial charge on any atom is 0.289 e. The molecule has 1 aromatic heterocycles.